The summed E-state index contributed by atoms with van der Waals surface area (Å²) < 4.78 is 2.07. The van der Waals surface area contributed by atoms with Crippen LogP contribution in [0.3, 0.4) is 0 Å². The molecule has 7 heteroatoms. The van der Waals surface area contributed by atoms with Gasteiger partial charge in [0.15, 0.2) is 17.0 Å². The van der Waals surface area contributed by atoms with Crippen LogP contribution in [0.4, 0.5) is 23.1 Å². The van der Waals surface area contributed by atoms with Gasteiger partial charge in [0.05, 0.1) is 6.33 Å². The monoisotopic (exact) mass is 353 g/mol. The number of aromatic nitrogens is 4. The third-order valence-electron chi connectivity index (χ3n) is 4.14. The van der Waals surface area contributed by atoms with Crippen molar-refractivity contribution in [3.63, 3.8) is 0 Å². The molecule has 0 spiro atoms. The van der Waals surface area contributed by atoms with Crippen molar-refractivity contribution in [2.75, 3.05) is 36.2 Å². The molecular formula is C19H27N7. The normalized spacial score (nSPS) is 11.2. The zero-order valence-electron chi connectivity index (χ0n) is 16.1. The summed E-state index contributed by atoms with van der Waals surface area (Å²) in [6.07, 6.45) is 2.85. The van der Waals surface area contributed by atoms with E-state index < -0.39 is 0 Å². The molecule has 0 bridgehead atoms. The van der Waals surface area contributed by atoms with Crippen molar-refractivity contribution in [3.05, 3.63) is 30.6 Å². The Labute approximate surface area is 154 Å². The third-order valence-corrected chi connectivity index (χ3v) is 4.14. The second-order valence-corrected chi connectivity index (χ2v) is 6.81. The summed E-state index contributed by atoms with van der Waals surface area (Å²) in [5, 5.41) is 6.70. The van der Waals surface area contributed by atoms with Crippen LogP contribution >= 0.6 is 0 Å². The van der Waals surface area contributed by atoms with Gasteiger partial charge in [-0.25, -0.2) is 4.98 Å². The van der Waals surface area contributed by atoms with E-state index in [1.165, 1.54) is 0 Å². The molecule has 1 aromatic carbocycles. The fourth-order valence-corrected chi connectivity index (χ4v) is 2.71. The predicted molar refractivity (Wildman–Crippen MR) is 109 cm³/mol. The van der Waals surface area contributed by atoms with Gasteiger partial charge in [0.1, 0.15) is 0 Å². The minimum atomic E-state index is 0.277. The lowest BCUT2D eigenvalue weighted by molar-refractivity contribution is 0.613. The van der Waals surface area contributed by atoms with Gasteiger partial charge in [-0.05, 0) is 38.5 Å². The number of fused-ring (bicyclic) bond motifs is 1. The molecule has 0 saturated heterocycles. The first-order valence-electron chi connectivity index (χ1n) is 9.02. The highest BCUT2D eigenvalue weighted by molar-refractivity contribution is 5.85. The van der Waals surface area contributed by atoms with Gasteiger partial charge in [0, 0.05) is 38.1 Å². The number of nitrogens with one attached hydrogen (secondary N) is 2. The highest BCUT2D eigenvalue weighted by Crippen LogP contribution is 2.26. The Balaban J connectivity index is 2.02. The molecule has 138 valence electrons. The van der Waals surface area contributed by atoms with E-state index in [2.05, 4.69) is 63.0 Å². The Kier molecular flexibility index (Phi) is 5.25. The molecule has 0 atom stereocenters. The highest BCUT2D eigenvalue weighted by atomic mass is 15.2. The van der Waals surface area contributed by atoms with Crippen molar-refractivity contribution >= 4 is 34.3 Å². The van der Waals surface area contributed by atoms with Crippen LogP contribution in [0.15, 0.2) is 30.6 Å². The molecule has 2 N–H and O–H groups in total. The number of anilines is 4. The molecule has 2 aromatic heterocycles. The van der Waals surface area contributed by atoms with Gasteiger partial charge in [-0.1, -0.05) is 13.0 Å². The van der Waals surface area contributed by atoms with E-state index in [9.17, 15) is 0 Å². The van der Waals surface area contributed by atoms with Gasteiger partial charge in [0.2, 0.25) is 5.95 Å². The van der Waals surface area contributed by atoms with Crippen molar-refractivity contribution in [1.29, 1.82) is 0 Å². The molecule has 0 unspecified atom stereocenters. The minimum Gasteiger partial charge on any atom is -0.378 e. The summed E-state index contributed by atoms with van der Waals surface area (Å²) in [7, 11) is 4.05. The third kappa shape index (κ3) is 3.71. The van der Waals surface area contributed by atoms with Crippen LogP contribution in [0, 0.1) is 0 Å². The van der Waals surface area contributed by atoms with Gasteiger partial charge in [-0.15, -0.1) is 0 Å². The molecule has 0 fully saturated rings. The van der Waals surface area contributed by atoms with Gasteiger partial charge in [0.25, 0.3) is 0 Å². The summed E-state index contributed by atoms with van der Waals surface area (Å²) in [6.45, 7) is 7.21. The second kappa shape index (κ2) is 7.59. The lowest BCUT2D eigenvalue weighted by atomic mass is 10.2. The van der Waals surface area contributed by atoms with Crippen LogP contribution in [0.1, 0.15) is 33.2 Å². The molecular weight excluding hydrogens is 326 g/mol. The van der Waals surface area contributed by atoms with E-state index in [-0.39, 0.29) is 6.04 Å². The molecule has 0 aliphatic heterocycles. The smallest absolute Gasteiger partial charge is 0.231 e. The Morgan fingerprint density at radius 1 is 1.19 bits per heavy atom. The topological polar surface area (TPSA) is 70.9 Å². The van der Waals surface area contributed by atoms with Gasteiger partial charge in [-0.2, -0.15) is 9.97 Å². The zero-order chi connectivity index (χ0) is 18.7. The minimum absolute atomic E-state index is 0.277. The van der Waals surface area contributed by atoms with E-state index in [4.69, 9.17) is 4.98 Å². The first-order chi connectivity index (χ1) is 12.5. The quantitative estimate of drug-likeness (QED) is 0.668. The van der Waals surface area contributed by atoms with Crippen molar-refractivity contribution < 1.29 is 0 Å². The number of hydrogen-bond donors (Lipinski definition) is 2. The van der Waals surface area contributed by atoms with Crippen molar-refractivity contribution in [2.24, 2.45) is 0 Å². The number of imidazole rings is 1. The first kappa shape index (κ1) is 18.0. The van der Waals surface area contributed by atoms with Crippen LogP contribution in [0.5, 0.6) is 0 Å². The Bertz CT molecular complexity index is 883. The number of nitrogens with zero attached hydrogens (tertiary/aromatic N) is 5. The maximum Gasteiger partial charge on any atom is 0.231 e. The molecule has 3 rings (SSSR count). The fourth-order valence-electron chi connectivity index (χ4n) is 2.71. The summed E-state index contributed by atoms with van der Waals surface area (Å²) >= 11 is 0. The van der Waals surface area contributed by atoms with Crippen LogP contribution in [-0.4, -0.2) is 40.2 Å². The first-order valence-corrected chi connectivity index (χ1v) is 9.02. The van der Waals surface area contributed by atoms with Crippen molar-refractivity contribution in [2.45, 2.75) is 33.2 Å². The largest absolute Gasteiger partial charge is 0.378 e. The van der Waals surface area contributed by atoms with Gasteiger partial charge in [-0.3, -0.25) is 0 Å². The standard InChI is InChI=1S/C19H27N7/c1-6-10-20-17-16-18(26(12-21-16)13(2)3)24-19(23-17)22-14-8-7-9-15(11-14)25(4)5/h7-9,11-13H,6,10H2,1-5H3,(H2,20,22,23,24). The lowest BCUT2D eigenvalue weighted by Gasteiger charge is -2.15. The Morgan fingerprint density at radius 3 is 2.69 bits per heavy atom. The Hall–Kier alpha value is -2.83. The van der Waals surface area contributed by atoms with Crippen molar-refractivity contribution in [1.82, 2.24) is 19.5 Å². The second-order valence-electron chi connectivity index (χ2n) is 6.81. The van der Waals surface area contributed by atoms with E-state index in [0.717, 1.165) is 41.3 Å². The van der Waals surface area contributed by atoms with E-state index in [0.29, 0.717) is 5.95 Å². The van der Waals surface area contributed by atoms with Crippen LogP contribution in [0.25, 0.3) is 11.2 Å². The summed E-state index contributed by atoms with van der Waals surface area (Å²) in [5.41, 5.74) is 3.71. The molecule has 0 saturated carbocycles. The molecule has 0 aliphatic rings. The molecule has 2 heterocycles. The zero-order valence-corrected chi connectivity index (χ0v) is 16.1. The maximum absolute atomic E-state index is 4.72. The van der Waals surface area contributed by atoms with Crippen LogP contribution < -0.4 is 15.5 Å². The Morgan fingerprint density at radius 2 is 2.00 bits per heavy atom. The number of hydrogen-bond acceptors (Lipinski definition) is 6. The SMILES string of the molecule is CCCNc1nc(Nc2cccc(N(C)C)c2)nc2c1ncn2C(C)C. The summed E-state index contributed by atoms with van der Waals surface area (Å²) in [5.74, 6) is 1.33. The van der Waals surface area contributed by atoms with Crippen LogP contribution in [-0.2, 0) is 0 Å². The number of rotatable bonds is 7. The van der Waals surface area contributed by atoms with Gasteiger partial charge >= 0.3 is 0 Å². The number of benzene rings is 1. The maximum atomic E-state index is 4.72. The van der Waals surface area contributed by atoms with E-state index >= 15 is 0 Å². The summed E-state index contributed by atoms with van der Waals surface area (Å²) in [4.78, 5) is 16.0. The molecule has 0 aliphatic carbocycles. The fraction of sp³-hybridized carbons (Fsp3) is 0.421. The molecule has 26 heavy (non-hydrogen) atoms. The lowest BCUT2D eigenvalue weighted by Crippen LogP contribution is -2.10. The van der Waals surface area contributed by atoms with Gasteiger partial charge < -0.3 is 20.1 Å². The average molecular weight is 353 g/mol. The molecule has 3 aromatic rings. The average Bonchev–Trinajstić information content (AvgIpc) is 3.04. The van der Waals surface area contributed by atoms with Crippen LogP contribution in [0.2, 0.25) is 0 Å². The van der Waals surface area contributed by atoms with E-state index in [1.54, 1.807) is 0 Å². The highest BCUT2D eigenvalue weighted by Gasteiger charge is 2.15. The van der Waals surface area contributed by atoms with E-state index in [1.807, 2.05) is 32.6 Å². The predicted octanol–water partition coefficient (Wildman–Crippen LogP) is 4.04. The summed E-state index contributed by atoms with van der Waals surface area (Å²) in [6, 6.07) is 8.45. The molecule has 7 nitrogen and oxygen atoms in total. The molecule has 0 amide bonds. The van der Waals surface area contributed by atoms with Crippen molar-refractivity contribution in [3.8, 4) is 0 Å². The molecule has 0 radical (unpaired) electrons.